The van der Waals surface area contributed by atoms with Gasteiger partial charge in [-0.05, 0) is 12.8 Å². The molecule has 0 aromatic rings. The van der Waals surface area contributed by atoms with E-state index in [9.17, 15) is 4.57 Å². The molecule has 0 heterocycles. The Morgan fingerprint density at radius 3 is 2.75 bits per heavy atom. The van der Waals surface area contributed by atoms with E-state index < -0.39 is 7.60 Å². The molecule has 0 saturated heterocycles. The summed E-state index contributed by atoms with van der Waals surface area (Å²) in [4.78, 5) is 8.87. The van der Waals surface area contributed by atoms with Gasteiger partial charge in [0.25, 0.3) is 0 Å². The molecule has 0 bridgehead atoms. The molecule has 1 N–H and O–H groups in total. The lowest BCUT2D eigenvalue weighted by molar-refractivity contribution is 0.273. The molecule has 0 radical (unpaired) electrons. The van der Waals surface area contributed by atoms with E-state index in [1.807, 2.05) is 19.1 Å². The predicted octanol–water partition coefficient (Wildman–Crippen LogP) is 2.69. The van der Waals surface area contributed by atoms with Gasteiger partial charge in [0.05, 0.1) is 6.61 Å². The minimum absolute atomic E-state index is 0.260. The smallest absolute Gasteiger partial charge is 0.321 e. The first-order valence-corrected chi connectivity index (χ1v) is 5.52. The van der Waals surface area contributed by atoms with E-state index in [-0.39, 0.29) is 6.61 Å². The second kappa shape index (κ2) is 6.18. The van der Waals surface area contributed by atoms with Gasteiger partial charge in [-0.15, -0.1) is 0 Å². The van der Waals surface area contributed by atoms with Crippen LogP contribution in [0.3, 0.4) is 0 Å². The van der Waals surface area contributed by atoms with Crippen LogP contribution in [-0.2, 0) is 9.09 Å². The molecule has 12 heavy (non-hydrogen) atoms. The van der Waals surface area contributed by atoms with Crippen LogP contribution in [0.25, 0.3) is 0 Å². The van der Waals surface area contributed by atoms with Crippen LogP contribution < -0.4 is 0 Å². The first-order chi connectivity index (χ1) is 5.62. The Kier molecular flexibility index (Phi) is 5.99. The third-order valence-corrected chi connectivity index (χ3v) is 2.21. The first-order valence-electron chi connectivity index (χ1n) is 3.88. The molecule has 0 saturated carbocycles. The predicted molar refractivity (Wildman–Crippen MR) is 50.0 cm³/mol. The Morgan fingerprint density at radius 1 is 1.58 bits per heavy atom. The van der Waals surface area contributed by atoms with Crippen molar-refractivity contribution in [3.63, 3.8) is 0 Å². The lowest BCUT2D eigenvalue weighted by Gasteiger charge is -2.04. The van der Waals surface area contributed by atoms with Crippen molar-refractivity contribution in [3.8, 4) is 0 Å². The van der Waals surface area contributed by atoms with E-state index in [0.717, 1.165) is 12.2 Å². The summed E-state index contributed by atoms with van der Waals surface area (Å²) in [5, 5.41) is 0. The highest BCUT2D eigenvalue weighted by molar-refractivity contribution is 7.56. The van der Waals surface area contributed by atoms with Crippen LogP contribution in [0.4, 0.5) is 0 Å². The Bertz CT molecular complexity index is 198. The summed E-state index contributed by atoms with van der Waals surface area (Å²) < 4.78 is 15.5. The molecule has 0 aromatic heterocycles. The van der Waals surface area contributed by atoms with Crippen molar-refractivity contribution in [2.45, 2.75) is 19.8 Å². The summed E-state index contributed by atoms with van der Waals surface area (Å²) in [5.74, 6) is 0.941. The summed E-state index contributed by atoms with van der Waals surface area (Å²) in [6, 6.07) is 0. The van der Waals surface area contributed by atoms with E-state index >= 15 is 0 Å². The maximum absolute atomic E-state index is 10.8. The van der Waals surface area contributed by atoms with Gasteiger partial charge in [-0.2, -0.15) is 0 Å². The summed E-state index contributed by atoms with van der Waals surface area (Å²) in [6.07, 6.45) is 5.53. The fourth-order valence-corrected chi connectivity index (χ4v) is 1.06. The van der Waals surface area contributed by atoms with Gasteiger partial charge in [-0.25, -0.2) is 0 Å². The Balaban J connectivity index is 3.50. The number of rotatable bonds is 6. The van der Waals surface area contributed by atoms with Crippen molar-refractivity contribution in [3.05, 3.63) is 24.5 Å². The number of hydrogen-bond acceptors (Lipinski definition) is 2. The van der Waals surface area contributed by atoms with Crippen molar-refractivity contribution < 1.29 is 14.0 Å². The van der Waals surface area contributed by atoms with Crippen LogP contribution in [-0.4, -0.2) is 11.5 Å². The van der Waals surface area contributed by atoms with Crippen molar-refractivity contribution in [2.75, 3.05) is 6.61 Å². The van der Waals surface area contributed by atoms with Crippen molar-refractivity contribution >= 4 is 7.60 Å². The Morgan fingerprint density at radius 2 is 2.25 bits per heavy atom. The fraction of sp³-hybridized carbons (Fsp3) is 0.500. The summed E-state index contributed by atoms with van der Waals surface area (Å²) in [7, 11) is -3.49. The van der Waals surface area contributed by atoms with E-state index in [1.165, 1.54) is 0 Å². The molecular formula is C8H15O3P. The standard InChI is InChI=1S/C8H15O3P/c1-3-5-6-7-8-11-12(9,10)4-2/h4-6H,2-3,7-8H2,1H3,(H,9,10)/b6-5-. The molecule has 1 unspecified atom stereocenters. The van der Waals surface area contributed by atoms with Crippen LogP contribution in [0.1, 0.15) is 19.8 Å². The average molecular weight is 190 g/mol. The molecule has 70 valence electrons. The van der Waals surface area contributed by atoms with Crippen molar-refractivity contribution in [2.24, 2.45) is 0 Å². The minimum atomic E-state index is -3.49. The van der Waals surface area contributed by atoms with E-state index in [1.54, 1.807) is 0 Å². The summed E-state index contributed by atoms with van der Waals surface area (Å²) in [6.45, 7) is 5.48. The summed E-state index contributed by atoms with van der Waals surface area (Å²) >= 11 is 0. The zero-order chi connectivity index (χ0) is 9.45. The second-order valence-electron chi connectivity index (χ2n) is 2.25. The first kappa shape index (κ1) is 11.6. The van der Waals surface area contributed by atoms with E-state index in [0.29, 0.717) is 6.42 Å². The molecule has 0 fully saturated rings. The van der Waals surface area contributed by atoms with Crippen molar-refractivity contribution in [1.82, 2.24) is 0 Å². The molecular weight excluding hydrogens is 175 g/mol. The topological polar surface area (TPSA) is 46.5 Å². The van der Waals surface area contributed by atoms with Gasteiger partial charge in [-0.1, -0.05) is 25.7 Å². The van der Waals surface area contributed by atoms with E-state index in [2.05, 4.69) is 11.1 Å². The van der Waals surface area contributed by atoms with Crippen LogP contribution >= 0.6 is 7.60 Å². The molecule has 0 spiro atoms. The monoisotopic (exact) mass is 190 g/mol. The molecule has 0 amide bonds. The lowest BCUT2D eigenvalue weighted by atomic mass is 10.3. The highest BCUT2D eigenvalue weighted by Gasteiger charge is 2.11. The van der Waals surface area contributed by atoms with Crippen LogP contribution in [0.5, 0.6) is 0 Å². The normalized spacial score (nSPS) is 16.2. The highest BCUT2D eigenvalue weighted by Crippen LogP contribution is 2.42. The van der Waals surface area contributed by atoms with Gasteiger partial charge in [0.2, 0.25) is 0 Å². The molecule has 3 nitrogen and oxygen atoms in total. The largest absolute Gasteiger partial charge is 0.351 e. The zero-order valence-electron chi connectivity index (χ0n) is 7.27. The van der Waals surface area contributed by atoms with Gasteiger partial charge >= 0.3 is 7.60 Å². The van der Waals surface area contributed by atoms with Crippen LogP contribution in [0.2, 0.25) is 0 Å². The van der Waals surface area contributed by atoms with Crippen LogP contribution in [0, 0.1) is 0 Å². The van der Waals surface area contributed by atoms with Gasteiger partial charge in [-0.3, -0.25) is 4.57 Å². The van der Waals surface area contributed by atoms with Crippen molar-refractivity contribution in [1.29, 1.82) is 0 Å². The molecule has 0 aliphatic carbocycles. The quantitative estimate of drug-likeness (QED) is 0.398. The third kappa shape index (κ3) is 6.35. The maximum atomic E-state index is 10.8. The van der Waals surface area contributed by atoms with Gasteiger partial charge < -0.3 is 9.42 Å². The Hall–Kier alpha value is -0.370. The maximum Gasteiger partial charge on any atom is 0.351 e. The molecule has 0 aliphatic rings. The molecule has 0 rings (SSSR count). The van der Waals surface area contributed by atoms with Gasteiger partial charge in [0, 0.05) is 5.82 Å². The average Bonchev–Trinajstić information content (AvgIpc) is 2.04. The molecule has 4 heteroatoms. The SMILES string of the molecule is C=CP(=O)(O)OCC/C=C\CC. The lowest BCUT2D eigenvalue weighted by Crippen LogP contribution is -1.88. The van der Waals surface area contributed by atoms with Crippen LogP contribution in [0.15, 0.2) is 24.5 Å². The third-order valence-electron chi connectivity index (χ3n) is 1.19. The number of hydrogen-bond donors (Lipinski definition) is 1. The minimum Gasteiger partial charge on any atom is -0.321 e. The second-order valence-corrected chi connectivity index (χ2v) is 4.00. The molecule has 1 atom stereocenters. The highest BCUT2D eigenvalue weighted by atomic mass is 31.2. The van der Waals surface area contributed by atoms with Gasteiger partial charge in [0.15, 0.2) is 0 Å². The Labute approximate surface area is 73.3 Å². The van der Waals surface area contributed by atoms with Gasteiger partial charge in [0.1, 0.15) is 0 Å². The van der Waals surface area contributed by atoms with E-state index in [4.69, 9.17) is 4.89 Å². The summed E-state index contributed by atoms with van der Waals surface area (Å²) in [5.41, 5.74) is 0. The molecule has 0 aromatic carbocycles. The fourth-order valence-electron chi connectivity index (χ4n) is 0.589. The number of allylic oxidation sites excluding steroid dienone is 1. The zero-order valence-corrected chi connectivity index (χ0v) is 8.17. The molecule has 0 aliphatic heterocycles.